The van der Waals surface area contributed by atoms with Gasteiger partial charge in [0, 0.05) is 11.5 Å². The molecule has 0 aliphatic heterocycles. The minimum atomic E-state index is 0.494. The lowest BCUT2D eigenvalue weighted by molar-refractivity contribution is 0.170. The van der Waals surface area contributed by atoms with Gasteiger partial charge in [-0.15, -0.1) is 0 Å². The molecule has 0 aromatic carbocycles. The smallest absolute Gasteiger partial charge is 0.177 e. The Balaban J connectivity index is 3.50. The highest BCUT2D eigenvalue weighted by Crippen LogP contribution is 2.11. The second kappa shape index (κ2) is 3.40. The Kier molecular flexibility index (Phi) is 2.72. The van der Waals surface area contributed by atoms with E-state index in [9.17, 15) is 5.21 Å². The quantitative estimate of drug-likeness (QED) is 0.724. The highest BCUT2D eigenvalue weighted by atomic mass is 79.9. The average Bonchev–Trinajstić information content (AvgIpc) is 1.85. The van der Waals surface area contributed by atoms with Gasteiger partial charge in [-0.2, -0.15) is 4.73 Å². The molecule has 1 rings (SSSR count). The highest BCUT2D eigenvalue weighted by Gasteiger charge is 1.97. The molecule has 0 saturated carbocycles. The molecule has 0 unspecified atom stereocenters. The molecular weight excluding hydrogens is 276 g/mol. The van der Waals surface area contributed by atoms with E-state index in [1.165, 1.54) is 6.20 Å². The fraction of sp³-hybridized carbons (Fsp3) is 0.167. The standard InChI is InChI=1S/C6H6Br2N2O/c1-9-6-5(8)2-4(7)3-10(6)11/h2-3,11H,1H3. The zero-order valence-electron chi connectivity index (χ0n) is 5.75. The summed E-state index contributed by atoms with van der Waals surface area (Å²) in [5, 5.41) is 9.24. The summed E-state index contributed by atoms with van der Waals surface area (Å²) in [7, 11) is 1.61. The molecule has 0 saturated heterocycles. The average molecular weight is 282 g/mol. The van der Waals surface area contributed by atoms with Crippen LogP contribution < -0.4 is 5.49 Å². The van der Waals surface area contributed by atoms with E-state index in [1.807, 2.05) is 6.07 Å². The van der Waals surface area contributed by atoms with Crippen molar-refractivity contribution in [1.29, 1.82) is 0 Å². The SMILES string of the molecule is CN=c1c(Br)cc(Br)cn1O. The summed E-state index contributed by atoms with van der Waals surface area (Å²) < 4.78 is 2.49. The normalized spacial score (nSPS) is 12.1. The van der Waals surface area contributed by atoms with Crippen LogP contribution in [0.3, 0.4) is 0 Å². The number of hydrogen-bond donors (Lipinski definition) is 1. The largest absolute Gasteiger partial charge is 0.427 e. The molecule has 0 spiro atoms. The van der Waals surface area contributed by atoms with Crippen molar-refractivity contribution in [2.75, 3.05) is 7.05 Å². The van der Waals surface area contributed by atoms with Crippen LogP contribution in [0.5, 0.6) is 0 Å². The highest BCUT2D eigenvalue weighted by molar-refractivity contribution is 9.11. The molecule has 0 fully saturated rings. The van der Waals surface area contributed by atoms with Gasteiger partial charge in [-0.1, -0.05) is 0 Å². The van der Waals surface area contributed by atoms with Gasteiger partial charge in [0.25, 0.3) is 0 Å². The lowest BCUT2D eigenvalue weighted by Gasteiger charge is -2.00. The fourth-order valence-corrected chi connectivity index (χ4v) is 2.06. The third kappa shape index (κ3) is 1.84. The van der Waals surface area contributed by atoms with E-state index < -0.39 is 0 Å². The van der Waals surface area contributed by atoms with Crippen molar-refractivity contribution in [3.63, 3.8) is 0 Å². The van der Waals surface area contributed by atoms with E-state index in [4.69, 9.17) is 0 Å². The van der Waals surface area contributed by atoms with Crippen LogP contribution >= 0.6 is 31.9 Å². The monoisotopic (exact) mass is 280 g/mol. The van der Waals surface area contributed by atoms with E-state index in [0.29, 0.717) is 5.49 Å². The summed E-state index contributed by atoms with van der Waals surface area (Å²) >= 11 is 6.48. The minimum absolute atomic E-state index is 0.494. The van der Waals surface area contributed by atoms with Crippen molar-refractivity contribution in [2.24, 2.45) is 4.99 Å². The van der Waals surface area contributed by atoms with Crippen LogP contribution in [-0.2, 0) is 0 Å². The third-order valence-corrected chi connectivity index (χ3v) is 2.17. The van der Waals surface area contributed by atoms with Crippen molar-refractivity contribution in [3.05, 3.63) is 26.7 Å². The molecule has 1 aromatic heterocycles. The van der Waals surface area contributed by atoms with Gasteiger partial charge in [0.1, 0.15) is 0 Å². The molecule has 5 heteroatoms. The Morgan fingerprint density at radius 1 is 1.55 bits per heavy atom. The molecule has 1 heterocycles. The van der Waals surface area contributed by atoms with Crippen molar-refractivity contribution >= 4 is 31.9 Å². The second-order valence-electron chi connectivity index (χ2n) is 1.90. The topological polar surface area (TPSA) is 37.5 Å². The molecule has 0 aliphatic carbocycles. The number of nitrogens with zero attached hydrogens (tertiary/aromatic N) is 2. The lowest BCUT2D eigenvalue weighted by atomic mass is 10.5. The van der Waals surface area contributed by atoms with Crippen molar-refractivity contribution in [2.45, 2.75) is 0 Å². The number of halogens is 2. The zero-order valence-corrected chi connectivity index (χ0v) is 8.92. The number of aromatic nitrogens is 1. The van der Waals surface area contributed by atoms with Crippen molar-refractivity contribution < 1.29 is 5.21 Å². The van der Waals surface area contributed by atoms with Crippen LogP contribution in [0, 0.1) is 0 Å². The third-order valence-electron chi connectivity index (χ3n) is 1.15. The van der Waals surface area contributed by atoms with Gasteiger partial charge in [0.05, 0.1) is 10.7 Å². The first-order valence-corrected chi connectivity index (χ1v) is 4.43. The lowest BCUT2D eigenvalue weighted by Crippen LogP contribution is -2.19. The molecular formula is C6H6Br2N2O. The summed E-state index contributed by atoms with van der Waals surface area (Å²) in [4.78, 5) is 3.86. The van der Waals surface area contributed by atoms with E-state index in [2.05, 4.69) is 36.9 Å². The maximum atomic E-state index is 9.24. The van der Waals surface area contributed by atoms with Gasteiger partial charge in [-0.3, -0.25) is 4.99 Å². The maximum Gasteiger partial charge on any atom is 0.177 e. The van der Waals surface area contributed by atoms with Crippen LogP contribution in [0.25, 0.3) is 0 Å². The molecule has 0 radical (unpaired) electrons. The summed E-state index contributed by atoms with van der Waals surface area (Å²) in [5.41, 5.74) is 0.494. The van der Waals surface area contributed by atoms with Gasteiger partial charge in [0.2, 0.25) is 0 Å². The first-order chi connectivity index (χ1) is 5.15. The summed E-state index contributed by atoms with van der Waals surface area (Å²) in [6.45, 7) is 0. The fourth-order valence-electron chi connectivity index (χ4n) is 0.720. The van der Waals surface area contributed by atoms with E-state index in [1.54, 1.807) is 7.05 Å². The van der Waals surface area contributed by atoms with Crippen LogP contribution in [-0.4, -0.2) is 17.0 Å². The van der Waals surface area contributed by atoms with Gasteiger partial charge in [0.15, 0.2) is 5.49 Å². The Morgan fingerprint density at radius 2 is 2.18 bits per heavy atom. The second-order valence-corrected chi connectivity index (χ2v) is 3.67. The van der Waals surface area contributed by atoms with Gasteiger partial charge < -0.3 is 5.21 Å². The summed E-state index contributed by atoms with van der Waals surface area (Å²) in [5.74, 6) is 0. The molecule has 60 valence electrons. The van der Waals surface area contributed by atoms with Gasteiger partial charge >= 0.3 is 0 Å². The minimum Gasteiger partial charge on any atom is -0.427 e. The Bertz CT molecular complexity index is 306. The summed E-state index contributed by atoms with van der Waals surface area (Å²) in [6.07, 6.45) is 1.52. The maximum absolute atomic E-state index is 9.24. The van der Waals surface area contributed by atoms with E-state index >= 15 is 0 Å². The Hall–Kier alpha value is -0.290. The molecule has 0 amide bonds. The van der Waals surface area contributed by atoms with E-state index in [0.717, 1.165) is 13.7 Å². The van der Waals surface area contributed by atoms with Crippen LogP contribution in [0.2, 0.25) is 0 Å². The molecule has 0 atom stereocenters. The molecule has 1 aromatic rings. The Labute approximate surface area is 80.6 Å². The molecule has 11 heavy (non-hydrogen) atoms. The molecule has 1 N–H and O–H groups in total. The number of rotatable bonds is 0. The number of hydrogen-bond acceptors (Lipinski definition) is 2. The van der Waals surface area contributed by atoms with Crippen LogP contribution in [0.1, 0.15) is 0 Å². The summed E-state index contributed by atoms with van der Waals surface area (Å²) in [6, 6.07) is 1.81. The molecule has 0 bridgehead atoms. The van der Waals surface area contributed by atoms with Crippen LogP contribution in [0.4, 0.5) is 0 Å². The molecule has 3 nitrogen and oxygen atoms in total. The van der Waals surface area contributed by atoms with Crippen molar-refractivity contribution in [1.82, 2.24) is 4.73 Å². The first-order valence-electron chi connectivity index (χ1n) is 2.85. The van der Waals surface area contributed by atoms with Crippen LogP contribution in [0.15, 0.2) is 26.2 Å². The number of pyridine rings is 1. The molecule has 0 aliphatic rings. The van der Waals surface area contributed by atoms with Gasteiger partial charge in [-0.25, -0.2) is 0 Å². The predicted octanol–water partition coefficient (Wildman–Crippen LogP) is 1.78. The first kappa shape index (κ1) is 8.80. The van der Waals surface area contributed by atoms with Gasteiger partial charge in [-0.05, 0) is 37.9 Å². The predicted molar refractivity (Wildman–Crippen MR) is 48.5 cm³/mol. The zero-order chi connectivity index (χ0) is 8.43. The van der Waals surface area contributed by atoms with Crippen molar-refractivity contribution in [3.8, 4) is 0 Å². The Morgan fingerprint density at radius 3 is 2.64 bits per heavy atom. The van der Waals surface area contributed by atoms with E-state index in [-0.39, 0.29) is 0 Å².